The minimum atomic E-state index is 0.191. The van der Waals surface area contributed by atoms with Crippen molar-refractivity contribution >= 4 is 5.96 Å². The molecular weight excluding hydrogens is 390 g/mol. The SMILES string of the molecule is CN=C(NCC(c1cccc(OC)c1)N(C)C)NCC(c1ccco1)N1CCCCC1. The van der Waals surface area contributed by atoms with Gasteiger partial charge in [0.2, 0.25) is 0 Å². The number of guanidine groups is 1. The molecule has 0 radical (unpaired) electrons. The molecule has 2 aromatic rings. The Morgan fingerprint density at radius 2 is 1.90 bits per heavy atom. The van der Waals surface area contributed by atoms with Gasteiger partial charge in [0.15, 0.2) is 5.96 Å². The molecule has 0 amide bonds. The topological polar surface area (TPSA) is 65.3 Å². The zero-order valence-electron chi connectivity index (χ0n) is 19.3. The summed E-state index contributed by atoms with van der Waals surface area (Å²) >= 11 is 0. The first-order chi connectivity index (χ1) is 15.1. The van der Waals surface area contributed by atoms with Crippen LogP contribution in [0.3, 0.4) is 0 Å². The van der Waals surface area contributed by atoms with Crippen LogP contribution in [-0.4, -0.2) is 70.2 Å². The van der Waals surface area contributed by atoms with Crippen molar-refractivity contribution in [2.45, 2.75) is 31.3 Å². The number of likely N-dealkylation sites (tertiary alicyclic amines) is 1. The number of aliphatic imine (C=N–C) groups is 1. The summed E-state index contributed by atoms with van der Waals surface area (Å²) in [5.41, 5.74) is 1.20. The molecule has 1 aliphatic rings. The highest BCUT2D eigenvalue weighted by atomic mass is 16.5. The van der Waals surface area contributed by atoms with Crippen LogP contribution in [0.5, 0.6) is 5.75 Å². The fourth-order valence-electron chi connectivity index (χ4n) is 4.18. The van der Waals surface area contributed by atoms with Crippen LogP contribution >= 0.6 is 0 Å². The van der Waals surface area contributed by atoms with E-state index in [2.05, 4.69) is 57.7 Å². The van der Waals surface area contributed by atoms with E-state index in [0.717, 1.165) is 43.6 Å². The van der Waals surface area contributed by atoms with Crippen LogP contribution < -0.4 is 15.4 Å². The normalized spacial score (nSPS) is 17.4. The van der Waals surface area contributed by atoms with E-state index in [-0.39, 0.29) is 12.1 Å². The maximum absolute atomic E-state index is 5.76. The Morgan fingerprint density at radius 1 is 1.13 bits per heavy atom. The van der Waals surface area contributed by atoms with Gasteiger partial charge in [-0.1, -0.05) is 18.6 Å². The number of rotatable bonds is 9. The average molecular weight is 428 g/mol. The fraction of sp³-hybridized carbons (Fsp3) is 0.542. The molecular formula is C24H37N5O2. The Labute approximate surface area is 186 Å². The lowest BCUT2D eigenvalue weighted by Crippen LogP contribution is -2.46. The molecule has 2 atom stereocenters. The Kier molecular flexibility index (Phi) is 8.79. The molecule has 7 nitrogen and oxygen atoms in total. The monoisotopic (exact) mass is 427 g/mol. The van der Waals surface area contributed by atoms with Gasteiger partial charge in [-0.15, -0.1) is 0 Å². The Morgan fingerprint density at radius 3 is 2.55 bits per heavy atom. The van der Waals surface area contributed by atoms with E-state index >= 15 is 0 Å². The van der Waals surface area contributed by atoms with Gasteiger partial charge in [0.1, 0.15) is 11.5 Å². The number of hydrogen-bond donors (Lipinski definition) is 2. The van der Waals surface area contributed by atoms with Crippen LogP contribution in [0.25, 0.3) is 0 Å². The lowest BCUT2D eigenvalue weighted by molar-refractivity contribution is 0.146. The fourth-order valence-corrected chi connectivity index (χ4v) is 4.18. The van der Waals surface area contributed by atoms with E-state index in [4.69, 9.17) is 9.15 Å². The second kappa shape index (κ2) is 11.8. The van der Waals surface area contributed by atoms with Crippen LogP contribution in [-0.2, 0) is 0 Å². The number of furan rings is 1. The summed E-state index contributed by atoms with van der Waals surface area (Å²) in [6, 6.07) is 12.7. The molecule has 1 fully saturated rings. The van der Waals surface area contributed by atoms with Gasteiger partial charge in [-0.2, -0.15) is 0 Å². The molecule has 2 heterocycles. The molecule has 0 aliphatic carbocycles. The Bertz CT molecular complexity index is 800. The summed E-state index contributed by atoms with van der Waals surface area (Å²) in [6.07, 6.45) is 5.56. The zero-order valence-corrected chi connectivity index (χ0v) is 19.3. The van der Waals surface area contributed by atoms with E-state index in [1.54, 1.807) is 13.4 Å². The second-order valence-electron chi connectivity index (χ2n) is 8.22. The van der Waals surface area contributed by atoms with E-state index in [1.807, 2.05) is 25.2 Å². The summed E-state index contributed by atoms with van der Waals surface area (Å²) in [5, 5.41) is 7.02. The van der Waals surface area contributed by atoms with Gasteiger partial charge in [-0.05, 0) is 69.9 Å². The minimum Gasteiger partial charge on any atom is -0.497 e. The van der Waals surface area contributed by atoms with Crippen molar-refractivity contribution < 1.29 is 9.15 Å². The number of hydrogen-bond acceptors (Lipinski definition) is 5. The van der Waals surface area contributed by atoms with E-state index in [0.29, 0.717) is 0 Å². The quantitative estimate of drug-likeness (QED) is 0.473. The van der Waals surface area contributed by atoms with Gasteiger partial charge in [-0.25, -0.2) is 0 Å². The highest BCUT2D eigenvalue weighted by Gasteiger charge is 2.25. The van der Waals surface area contributed by atoms with E-state index in [1.165, 1.54) is 24.8 Å². The van der Waals surface area contributed by atoms with Crippen molar-refractivity contribution in [1.82, 2.24) is 20.4 Å². The maximum Gasteiger partial charge on any atom is 0.191 e. The third-order valence-corrected chi connectivity index (χ3v) is 5.95. The van der Waals surface area contributed by atoms with Crippen LogP contribution in [0.1, 0.15) is 42.7 Å². The molecule has 2 N–H and O–H groups in total. The first-order valence-electron chi connectivity index (χ1n) is 11.1. The number of piperidine rings is 1. The standard InChI is InChI=1S/C24H37N5O2/c1-25-24(26-17-21(28(2)3)19-10-8-11-20(16-19)30-4)27-18-22(23-12-9-15-31-23)29-13-6-5-7-14-29/h8-12,15-16,21-22H,5-7,13-14,17-18H2,1-4H3,(H2,25,26,27). The summed E-state index contributed by atoms with van der Waals surface area (Å²) < 4.78 is 11.2. The van der Waals surface area contributed by atoms with Crippen LogP contribution in [0, 0.1) is 0 Å². The number of methoxy groups -OCH3 is 1. The summed E-state index contributed by atoms with van der Waals surface area (Å²) in [7, 11) is 7.69. The van der Waals surface area contributed by atoms with Crippen LogP contribution in [0.4, 0.5) is 0 Å². The first-order valence-corrected chi connectivity index (χ1v) is 11.1. The first kappa shape index (κ1) is 23.2. The molecule has 1 aromatic heterocycles. The molecule has 1 saturated heterocycles. The molecule has 31 heavy (non-hydrogen) atoms. The summed E-state index contributed by atoms with van der Waals surface area (Å²) in [4.78, 5) is 9.17. The van der Waals surface area contributed by atoms with Crippen LogP contribution in [0.2, 0.25) is 0 Å². The lowest BCUT2D eigenvalue weighted by atomic mass is 10.1. The maximum atomic E-state index is 5.76. The molecule has 0 saturated carbocycles. The highest BCUT2D eigenvalue weighted by Crippen LogP contribution is 2.25. The summed E-state index contributed by atoms with van der Waals surface area (Å²) in [6.45, 7) is 3.70. The van der Waals surface area contributed by atoms with Gasteiger partial charge in [-0.3, -0.25) is 9.89 Å². The van der Waals surface area contributed by atoms with Crippen molar-refractivity contribution in [2.24, 2.45) is 4.99 Å². The molecule has 1 aromatic carbocycles. The van der Waals surface area contributed by atoms with Gasteiger partial charge >= 0.3 is 0 Å². The summed E-state index contributed by atoms with van der Waals surface area (Å²) in [5.74, 6) is 2.67. The smallest absolute Gasteiger partial charge is 0.191 e. The van der Waals surface area contributed by atoms with Gasteiger partial charge in [0.05, 0.1) is 25.5 Å². The van der Waals surface area contributed by atoms with Gasteiger partial charge in [0, 0.05) is 20.1 Å². The van der Waals surface area contributed by atoms with Crippen molar-refractivity contribution in [1.29, 1.82) is 0 Å². The van der Waals surface area contributed by atoms with Gasteiger partial charge < -0.3 is 24.7 Å². The number of likely N-dealkylation sites (N-methyl/N-ethyl adjacent to an activating group) is 1. The molecule has 0 spiro atoms. The number of nitrogens with one attached hydrogen (secondary N) is 2. The number of ether oxygens (including phenoxy) is 1. The molecule has 3 rings (SSSR count). The van der Waals surface area contributed by atoms with E-state index in [9.17, 15) is 0 Å². The van der Waals surface area contributed by atoms with Crippen molar-refractivity contribution in [3.63, 3.8) is 0 Å². The predicted molar refractivity (Wildman–Crippen MR) is 126 cm³/mol. The van der Waals surface area contributed by atoms with E-state index < -0.39 is 0 Å². The van der Waals surface area contributed by atoms with Gasteiger partial charge in [0.25, 0.3) is 0 Å². The van der Waals surface area contributed by atoms with Crippen LogP contribution in [0.15, 0.2) is 52.1 Å². The lowest BCUT2D eigenvalue weighted by Gasteiger charge is -2.34. The average Bonchev–Trinajstić information content (AvgIpc) is 3.33. The molecule has 7 heteroatoms. The zero-order chi connectivity index (χ0) is 22.1. The van der Waals surface area contributed by atoms with Crippen molar-refractivity contribution in [3.8, 4) is 5.75 Å². The predicted octanol–water partition coefficient (Wildman–Crippen LogP) is 3.28. The Hall–Kier alpha value is -2.51. The van der Waals surface area contributed by atoms with Crippen molar-refractivity contribution in [3.05, 3.63) is 54.0 Å². The molecule has 170 valence electrons. The Balaban J connectivity index is 1.61. The molecule has 2 unspecified atom stereocenters. The second-order valence-corrected chi connectivity index (χ2v) is 8.22. The van der Waals surface area contributed by atoms with Crippen molar-refractivity contribution in [2.75, 3.05) is 54.4 Å². The number of nitrogens with zero attached hydrogens (tertiary/aromatic N) is 3. The number of benzene rings is 1. The molecule has 1 aliphatic heterocycles. The third-order valence-electron chi connectivity index (χ3n) is 5.95. The largest absolute Gasteiger partial charge is 0.497 e. The molecule has 0 bridgehead atoms. The highest BCUT2D eigenvalue weighted by molar-refractivity contribution is 5.79. The minimum absolute atomic E-state index is 0.191. The third kappa shape index (κ3) is 6.48.